The van der Waals surface area contributed by atoms with Crippen molar-refractivity contribution in [2.24, 2.45) is 0 Å². The number of hydrogen-bond acceptors (Lipinski definition) is 4. The normalized spacial score (nSPS) is 23.3. The highest BCUT2D eigenvalue weighted by Crippen LogP contribution is 2.35. The predicted octanol–water partition coefficient (Wildman–Crippen LogP) is 3.02. The van der Waals surface area contributed by atoms with E-state index in [9.17, 15) is 5.11 Å². The molecule has 1 aromatic carbocycles. The molecule has 0 bridgehead atoms. The number of thiazole rings is 1. The Balaban J connectivity index is 1.74. The summed E-state index contributed by atoms with van der Waals surface area (Å²) in [5.41, 5.74) is 1.62. The molecule has 4 heteroatoms. The first kappa shape index (κ1) is 13.7. The minimum absolute atomic E-state index is 0.174. The minimum atomic E-state index is -0.750. The van der Waals surface area contributed by atoms with E-state index >= 15 is 0 Å². The second-order valence-electron chi connectivity index (χ2n) is 5.52. The molecular formula is C16H20N2OS. The third-order valence-corrected chi connectivity index (χ3v) is 5.04. The van der Waals surface area contributed by atoms with Crippen LogP contribution in [0.5, 0.6) is 0 Å². The topological polar surface area (TPSA) is 45.1 Å². The highest BCUT2D eigenvalue weighted by Gasteiger charge is 2.34. The van der Waals surface area contributed by atoms with Crippen molar-refractivity contribution in [2.45, 2.75) is 37.8 Å². The van der Waals surface area contributed by atoms with Crippen molar-refractivity contribution < 1.29 is 5.11 Å². The van der Waals surface area contributed by atoms with Gasteiger partial charge in [0, 0.05) is 18.1 Å². The van der Waals surface area contributed by atoms with Crippen LogP contribution in [0.2, 0.25) is 0 Å². The van der Waals surface area contributed by atoms with Gasteiger partial charge in [0.1, 0.15) is 10.6 Å². The van der Waals surface area contributed by atoms with Gasteiger partial charge in [0.2, 0.25) is 0 Å². The molecule has 2 aromatic rings. The number of aliphatic hydroxyl groups is 1. The summed E-state index contributed by atoms with van der Waals surface area (Å²) in [7, 11) is 0. The highest BCUT2D eigenvalue weighted by atomic mass is 32.1. The number of fused-ring (bicyclic) bond motifs is 1. The molecule has 20 heavy (non-hydrogen) atoms. The van der Waals surface area contributed by atoms with Gasteiger partial charge in [0.15, 0.2) is 0 Å². The zero-order chi connectivity index (χ0) is 14.0. The Morgan fingerprint density at radius 3 is 3.10 bits per heavy atom. The molecule has 0 radical (unpaired) electrons. The lowest BCUT2D eigenvalue weighted by Crippen LogP contribution is -2.41. The van der Waals surface area contributed by atoms with E-state index in [4.69, 9.17) is 0 Å². The number of rotatable bonds is 4. The zero-order valence-corrected chi connectivity index (χ0v) is 12.5. The molecule has 0 saturated carbocycles. The van der Waals surface area contributed by atoms with Gasteiger partial charge in [-0.1, -0.05) is 24.3 Å². The van der Waals surface area contributed by atoms with Gasteiger partial charge in [-0.2, -0.15) is 0 Å². The predicted molar refractivity (Wildman–Crippen MR) is 81.8 cm³/mol. The molecule has 0 spiro atoms. The number of nitrogens with one attached hydrogen (secondary N) is 1. The lowest BCUT2D eigenvalue weighted by molar-refractivity contribution is 0.0170. The number of aryl methyl sites for hydroxylation is 1. The molecule has 106 valence electrons. The Morgan fingerprint density at radius 2 is 2.30 bits per heavy atom. The first-order chi connectivity index (χ1) is 9.69. The molecule has 3 nitrogen and oxygen atoms in total. The summed E-state index contributed by atoms with van der Waals surface area (Å²) in [6.45, 7) is 2.67. The van der Waals surface area contributed by atoms with E-state index in [2.05, 4.69) is 35.4 Å². The molecule has 0 amide bonds. The SMILES string of the molecule is CC(NCC1(O)CCCc2ccccc21)c1nccs1. The van der Waals surface area contributed by atoms with Crippen molar-refractivity contribution in [1.29, 1.82) is 0 Å². The zero-order valence-electron chi connectivity index (χ0n) is 11.7. The van der Waals surface area contributed by atoms with Gasteiger partial charge in [-0.15, -0.1) is 11.3 Å². The fourth-order valence-electron chi connectivity index (χ4n) is 2.94. The number of nitrogens with zero attached hydrogens (tertiary/aromatic N) is 1. The van der Waals surface area contributed by atoms with Crippen LogP contribution in [0.25, 0.3) is 0 Å². The van der Waals surface area contributed by atoms with Gasteiger partial charge in [-0.25, -0.2) is 4.98 Å². The summed E-state index contributed by atoms with van der Waals surface area (Å²) in [5.74, 6) is 0. The molecule has 2 N–H and O–H groups in total. The molecular weight excluding hydrogens is 268 g/mol. The maximum atomic E-state index is 11.0. The van der Waals surface area contributed by atoms with Gasteiger partial charge in [-0.05, 0) is 37.3 Å². The monoisotopic (exact) mass is 288 g/mol. The second-order valence-corrected chi connectivity index (χ2v) is 6.44. The maximum Gasteiger partial charge on any atom is 0.109 e. The summed E-state index contributed by atoms with van der Waals surface area (Å²) in [6.07, 6.45) is 4.76. The highest BCUT2D eigenvalue weighted by molar-refractivity contribution is 7.09. The van der Waals surface area contributed by atoms with Crippen LogP contribution in [0.1, 0.15) is 41.9 Å². The third-order valence-electron chi connectivity index (χ3n) is 4.08. The molecule has 1 aromatic heterocycles. The standard InChI is InChI=1S/C16H20N2OS/c1-12(15-17-9-10-20-15)18-11-16(19)8-4-6-13-5-2-3-7-14(13)16/h2-3,5,7,9-10,12,18-19H,4,6,8,11H2,1H3. The van der Waals surface area contributed by atoms with Crippen LogP contribution >= 0.6 is 11.3 Å². The van der Waals surface area contributed by atoms with Crippen molar-refractivity contribution in [3.05, 3.63) is 52.0 Å². The molecule has 1 aliphatic rings. The quantitative estimate of drug-likeness (QED) is 0.909. The van der Waals surface area contributed by atoms with E-state index in [1.165, 1.54) is 5.56 Å². The first-order valence-corrected chi connectivity index (χ1v) is 8.00. The van der Waals surface area contributed by atoms with Gasteiger partial charge < -0.3 is 10.4 Å². The Labute approximate surface area is 123 Å². The summed E-state index contributed by atoms with van der Waals surface area (Å²) < 4.78 is 0. The van der Waals surface area contributed by atoms with Crippen LogP contribution in [-0.4, -0.2) is 16.6 Å². The van der Waals surface area contributed by atoms with Crippen LogP contribution in [0.15, 0.2) is 35.8 Å². The molecule has 0 aliphatic heterocycles. The lowest BCUT2D eigenvalue weighted by atomic mass is 9.79. The Morgan fingerprint density at radius 1 is 1.45 bits per heavy atom. The van der Waals surface area contributed by atoms with E-state index in [1.54, 1.807) is 11.3 Å². The fraction of sp³-hybridized carbons (Fsp3) is 0.438. The lowest BCUT2D eigenvalue weighted by Gasteiger charge is -2.35. The number of aromatic nitrogens is 1. The van der Waals surface area contributed by atoms with Gasteiger partial charge in [0.05, 0.1) is 6.04 Å². The number of benzene rings is 1. The Bertz CT molecular complexity index is 570. The van der Waals surface area contributed by atoms with Gasteiger partial charge >= 0.3 is 0 Å². The minimum Gasteiger partial charge on any atom is -0.384 e. The van der Waals surface area contributed by atoms with Crippen LogP contribution in [0.4, 0.5) is 0 Å². The van der Waals surface area contributed by atoms with Gasteiger partial charge in [0.25, 0.3) is 0 Å². The summed E-state index contributed by atoms with van der Waals surface area (Å²) in [4.78, 5) is 4.32. The maximum absolute atomic E-state index is 11.0. The smallest absolute Gasteiger partial charge is 0.109 e. The molecule has 2 unspecified atom stereocenters. The van der Waals surface area contributed by atoms with Crippen molar-refractivity contribution in [3.8, 4) is 0 Å². The average Bonchev–Trinajstić information content (AvgIpc) is 3.00. The molecule has 3 rings (SSSR count). The van der Waals surface area contributed by atoms with Crippen molar-refractivity contribution in [2.75, 3.05) is 6.54 Å². The summed E-state index contributed by atoms with van der Waals surface area (Å²) >= 11 is 1.65. The van der Waals surface area contributed by atoms with Crippen molar-refractivity contribution >= 4 is 11.3 Å². The third kappa shape index (κ3) is 2.64. The second kappa shape index (κ2) is 5.64. The van der Waals surface area contributed by atoms with Crippen molar-refractivity contribution in [3.63, 3.8) is 0 Å². The van der Waals surface area contributed by atoms with E-state index < -0.39 is 5.60 Å². The van der Waals surface area contributed by atoms with E-state index in [-0.39, 0.29) is 6.04 Å². The van der Waals surface area contributed by atoms with Crippen molar-refractivity contribution in [1.82, 2.24) is 10.3 Å². The fourth-order valence-corrected chi connectivity index (χ4v) is 3.61. The Kier molecular flexibility index (Phi) is 3.87. The van der Waals surface area contributed by atoms with Crippen LogP contribution < -0.4 is 5.32 Å². The largest absolute Gasteiger partial charge is 0.384 e. The number of hydrogen-bond donors (Lipinski definition) is 2. The van der Waals surface area contributed by atoms with E-state index in [1.807, 2.05) is 17.6 Å². The Hall–Kier alpha value is -1.23. The molecule has 0 saturated heterocycles. The summed E-state index contributed by atoms with van der Waals surface area (Å²) in [5, 5.41) is 17.5. The average molecular weight is 288 g/mol. The van der Waals surface area contributed by atoms with E-state index in [0.717, 1.165) is 29.8 Å². The first-order valence-electron chi connectivity index (χ1n) is 7.12. The molecule has 1 heterocycles. The molecule has 1 aliphatic carbocycles. The van der Waals surface area contributed by atoms with Crippen LogP contribution in [0.3, 0.4) is 0 Å². The van der Waals surface area contributed by atoms with Crippen LogP contribution in [0, 0.1) is 0 Å². The van der Waals surface area contributed by atoms with Gasteiger partial charge in [-0.3, -0.25) is 0 Å². The molecule has 2 atom stereocenters. The summed E-state index contributed by atoms with van der Waals surface area (Å²) in [6, 6.07) is 8.43. The molecule has 0 fully saturated rings. The van der Waals surface area contributed by atoms with Crippen LogP contribution in [-0.2, 0) is 12.0 Å². The van der Waals surface area contributed by atoms with E-state index in [0.29, 0.717) is 6.54 Å².